The number of nitrogens with two attached hydrogens (primary N) is 1. The fraction of sp³-hybridized carbons (Fsp3) is 0.227. The van der Waals surface area contributed by atoms with E-state index in [0.29, 0.717) is 48.4 Å². The maximum absolute atomic E-state index is 14.6. The van der Waals surface area contributed by atoms with Crippen molar-refractivity contribution in [2.75, 3.05) is 25.5 Å². The lowest BCUT2D eigenvalue weighted by Crippen LogP contribution is -2.26. The third-order valence-corrected chi connectivity index (χ3v) is 4.77. The Kier molecular flexibility index (Phi) is 5.58. The van der Waals surface area contributed by atoms with Gasteiger partial charge in [0, 0.05) is 19.8 Å². The van der Waals surface area contributed by atoms with Gasteiger partial charge in [-0.1, -0.05) is 24.3 Å². The Labute approximate surface area is 172 Å². The van der Waals surface area contributed by atoms with Crippen LogP contribution in [0, 0.1) is 5.82 Å². The number of nitrogens with one attached hydrogen (secondary N) is 1. The van der Waals surface area contributed by atoms with E-state index in [1.165, 1.54) is 10.6 Å². The quantitative estimate of drug-likeness (QED) is 0.458. The Morgan fingerprint density at radius 3 is 2.57 bits per heavy atom. The molecule has 0 radical (unpaired) electrons. The number of amides is 1. The predicted molar refractivity (Wildman–Crippen MR) is 114 cm³/mol. The highest BCUT2D eigenvalue weighted by Crippen LogP contribution is 2.31. The van der Waals surface area contributed by atoms with Crippen molar-refractivity contribution in [1.82, 2.24) is 19.9 Å². The van der Waals surface area contributed by atoms with Crippen LogP contribution in [0.1, 0.15) is 23.7 Å². The molecule has 3 N–H and O–H groups in total. The van der Waals surface area contributed by atoms with Crippen molar-refractivity contribution in [3.8, 4) is 5.69 Å². The van der Waals surface area contributed by atoms with Crippen molar-refractivity contribution < 1.29 is 13.9 Å². The number of carbonyl (C=O) groups is 1. The molecule has 0 fully saturated rings. The molecular formula is C22H22FN5O2. The molecule has 7 nitrogen and oxygen atoms in total. The summed E-state index contributed by atoms with van der Waals surface area (Å²) in [6, 6.07) is 13.5. The lowest BCUT2D eigenvalue weighted by molar-refractivity contribution is 0.0946. The molecule has 0 saturated heterocycles. The van der Waals surface area contributed by atoms with Gasteiger partial charge in [0.2, 0.25) is 0 Å². The molecular weight excluding hydrogens is 385 g/mol. The van der Waals surface area contributed by atoms with Gasteiger partial charge in [-0.25, -0.2) is 14.4 Å². The summed E-state index contributed by atoms with van der Waals surface area (Å²) < 4.78 is 21.3. The van der Waals surface area contributed by atoms with Crippen LogP contribution in [0.5, 0.6) is 0 Å². The normalized spacial score (nSPS) is 11.3. The summed E-state index contributed by atoms with van der Waals surface area (Å²) in [7, 11) is 0. The van der Waals surface area contributed by atoms with Crippen molar-refractivity contribution in [3.05, 3.63) is 59.9 Å². The number of hydrogen-bond donors (Lipinski definition) is 2. The third-order valence-electron chi connectivity index (χ3n) is 4.77. The van der Waals surface area contributed by atoms with Gasteiger partial charge < -0.3 is 15.8 Å². The number of hydrogen-bond acceptors (Lipinski definition) is 5. The second kappa shape index (κ2) is 8.46. The van der Waals surface area contributed by atoms with E-state index in [1.54, 1.807) is 18.2 Å². The highest BCUT2D eigenvalue weighted by molar-refractivity contribution is 6.11. The number of nitrogens with zero attached hydrogens (tertiary/aromatic N) is 3. The van der Waals surface area contributed by atoms with Crippen molar-refractivity contribution in [2.45, 2.75) is 13.3 Å². The summed E-state index contributed by atoms with van der Waals surface area (Å²) in [5, 5.41) is 2.84. The van der Waals surface area contributed by atoms with Crippen LogP contribution in [0.15, 0.2) is 48.5 Å². The highest BCUT2D eigenvalue weighted by Gasteiger charge is 2.25. The molecule has 154 valence electrons. The number of ether oxygens (including phenoxy) is 1. The van der Waals surface area contributed by atoms with Crippen LogP contribution in [-0.4, -0.2) is 40.2 Å². The number of aromatic nitrogens is 3. The Balaban J connectivity index is 1.85. The number of anilines is 1. The van der Waals surface area contributed by atoms with E-state index in [2.05, 4.69) is 15.3 Å². The Morgan fingerprint density at radius 2 is 1.83 bits per heavy atom. The minimum absolute atomic E-state index is 0.0905. The second-order valence-corrected chi connectivity index (χ2v) is 6.74. The van der Waals surface area contributed by atoms with Crippen LogP contribution in [0.4, 0.5) is 10.2 Å². The number of halogens is 1. The molecule has 8 heteroatoms. The van der Waals surface area contributed by atoms with Crippen molar-refractivity contribution in [3.63, 3.8) is 0 Å². The molecule has 0 unspecified atom stereocenters. The first kappa shape index (κ1) is 19.8. The maximum Gasteiger partial charge on any atom is 0.257 e. The van der Waals surface area contributed by atoms with Gasteiger partial charge in [-0.3, -0.25) is 9.36 Å². The van der Waals surface area contributed by atoms with Crippen LogP contribution < -0.4 is 11.1 Å². The molecule has 0 spiro atoms. The van der Waals surface area contributed by atoms with E-state index in [9.17, 15) is 9.18 Å². The first-order valence-electron chi connectivity index (χ1n) is 9.79. The van der Waals surface area contributed by atoms with Gasteiger partial charge in [-0.05, 0) is 37.6 Å². The van der Waals surface area contributed by atoms with Crippen LogP contribution in [0.2, 0.25) is 0 Å². The van der Waals surface area contributed by atoms with Crippen molar-refractivity contribution in [2.24, 2.45) is 0 Å². The first-order valence-corrected chi connectivity index (χ1v) is 9.79. The molecule has 30 heavy (non-hydrogen) atoms. The Morgan fingerprint density at radius 1 is 1.13 bits per heavy atom. The average molecular weight is 407 g/mol. The fourth-order valence-corrected chi connectivity index (χ4v) is 3.37. The van der Waals surface area contributed by atoms with Gasteiger partial charge in [0.25, 0.3) is 5.91 Å². The van der Waals surface area contributed by atoms with Gasteiger partial charge in [-0.2, -0.15) is 0 Å². The van der Waals surface area contributed by atoms with Gasteiger partial charge >= 0.3 is 0 Å². The largest absolute Gasteiger partial charge is 0.384 e. The van der Waals surface area contributed by atoms with Crippen LogP contribution in [-0.2, 0) is 4.74 Å². The van der Waals surface area contributed by atoms with Crippen molar-refractivity contribution in [1.29, 1.82) is 0 Å². The number of fused-ring (bicyclic) bond motifs is 2. The number of para-hydroxylation sites is 3. The summed E-state index contributed by atoms with van der Waals surface area (Å²) in [5.74, 6) is -0.763. The molecule has 0 atom stereocenters. The molecule has 0 saturated carbocycles. The summed E-state index contributed by atoms with van der Waals surface area (Å²) in [5.41, 5.74) is 8.67. The summed E-state index contributed by atoms with van der Waals surface area (Å²) in [4.78, 5) is 22.2. The number of nitrogen functional groups attached to an aromatic ring is 1. The molecule has 0 aliphatic heterocycles. The van der Waals surface area contributed by atoms with E-state index in [0.717, 1.165) is 0 Å². The number of benzene rings is 2. The standard InChI is InChI=1S/C22H22FN5O2/c1-2-30-13-7-12-25-22(29)18-19-21(27-16-10-5-4-9-15(16)26-19)28(20(18)24)17-11-6-3-8-14(17)23/h3-6,8-11H,2,7,12-13,24H2,1H3,(H,25,29). The minimum Gasteiger partial charge on any atom is -0.384 e. The Bertz CT molecular complexity index is 1220. The SMILES string of the molecule is CCOCCCNC(=O)c1c(N)n(-c2ccccc2F)c2nc3ccccc3nc12. The van der Waals surface area contributed by atoms with E-state index in [-0.39, 0.29) is 23.0 Å². The first-order chi connectivity index (χ1) is 14.6. The monoisotopic (exact) mass is 407 g/mol. The zero-order chi connectivity index (χ0) is 21.1. The van der Waals surface area contributed by atoms with E-state index in [1.807, 2.05) is 31.2 Å². The molecule has 2 heterocycles. The fourth-order valence-electron chi connectivity index (χ4n) is 3.37. The average Bonchev–Trinajstić information content (AvgIpc) is 3.03. The van der Waals surface area contributed by atoms with Gasteiger partial charge in [0.05, 0.1) is 16.7 Å². The molecule has 4 rings (SSSR count). The van der Waals surface area contributed by atoms with Gasteiger partial charge in [-0.15, -0.1) is 0 Å². The topological polar surface area (TPSA) is 95.1 Å². The molecule has 4 aromatic rings. The zero-order valence-corrected chi connectivity index (χ0v) is 16.6. The molecule has 1 amide bonds. The summed E-state index contributed by atoms with van der Waals surface area (Å²) >= 11 is 0. The van der Waals surface area contributed by atoms with E-state index < -0.39 is 5.82 Å². The van der Waals surface area contributed by atoms with Crippen LogP contribution in [0.25, 0.3) is 27.9 Å². The van der Waals surface area contributed by atoms with Gasteiger partial charge in [0.15, 0.2) is 5.65 Å². The third kappa shape index (κ3) is 3.57. The molecule has 2 aromatic carbocycles. The minimum atomic E-state index is -0.472. The van der Waals surface area contributed by atoms with Crippen LogP contribution >= 0.6 is 0 Å². The lowest BCUT2D eigenvalue weighted by atomic mass is 10.2. The van der Waals surface area contributed by atoms with Crippen LogP contribution in [0.3, 0.4) is 0 Å². The van der Waals surface area contributed by atoms with Gasteiger partial charge in [0.1, 0.15) is 22.7 Å². The smallest absolute Gasteiger partial charge is 0.257 e. The maximum atomic E-state index is 14.6. The van der Waals surface area contributed by atoms with E-state index in [4.69, 9.17) is 10.5 Å². The second-order valence-electron chi connectivity index (χ2n) is 6.74. The lowest BCUT2D eigenvalue weighted by Gasteiger charge is -2.09. The molecule has 0 aliphatic rings. The van der Waals surface area contributed by atoms with Crippen molar-refractivity contribution >= 4 is 33.9 Å². The Hall–Kier alpha value is -3.52. The molecule has 0 bridgehead atoms. The number of rotatable bonds is 7. The summed E-state index contributed by atoms with van der Waals surface area (Å²) in [6.45, 7) is 3.51. The van der Waals surface area contributed by atoms with E-state index >= 15 is 0 Å². The molecule has 0 aliphatic carbocycles. The predicted octanol–water partition coefficient (Wildman–Crippen LogP) is 3.45. The highest BCUT2D eigenvalue weighted by atomic mass is 19.1. The zero-order valence-electron chi connectivity index (χ0n) is 16.6. The molecule has 2 aromatic heterocycles. The number of carbonyl (C=O) groups excluding carboxylic acids is 1. The summed E-state index contributed by atoms with van der Waals surface area (Å²) in [6.07, 6.45) is 0.667.